The van der Waals surface area contributed by atoms with Gasteiger partial charge in [0.15, 0.2) is 0 Å². The Bertz CT molecular complexity index is 767. The minimum absolute atomic E-state index is 0.238. The number of hydrogen-bond donors (Lipinski definition) is 2. The molecule has 6 heteroatoms. The molecule has 0 aliphatic rings. The highest BCUT2D eigenvalue weighted by atomic mass is 32.1. The number of nitrogens with zero attached hydrogens (tertiary/aromatic N) is 2. The summed E-state index contributed by atoms with van der Waals surface area (Å²) in [7, 11) is 0. The van der Waals surface area contributed by atoms with Gasteiger partial charge in [0.25, 0.3) is 0 Å². The van der Waals surface area contributed by atoms with E-state index in [1.165, 1.54) is 17.0 Å². The summed E-state index contributed by atoms with van der Waals surface area (Å²) in [6.07, 6.45) is 0.957. The summed E-state index contributed by atoms with van der Waals surface area (Å²) in [5.74, 6) is 0.740. The molecule has 108 valence electrons. The van der Waals surface area contributed by atoms with Gasteiger partial charge in [-0.15, -0.1) is 11.3 Å². The molecule has 0 atom stereocenters. The van der Waals surface area contributed by atoms with Crippen molar-refractivity contribution in [2.45, 2.75) is 19.9 Å². The van der Waals surface area contributed by atoms with Crippen LogP contribution in [-0.2, 0) is 13.0 Å². The van der Waals surface area contributed by atoms with Crippen molar-refractivity contribution in [3.63, 3.8) is 0 Å². The molecular weight excluding hydrogens is 287 g/mol. The van der Waals surface area contributed by atoms with Crippen molar-refractivity contribution in [3.8, 4) is 0 Å². The highest BCUT2D eigenvalue weighted by Crippen LogP contribution is 2.30. The Balaban J connectivity index is 1.88. The van der Waals surface area contributed by atoms with Gasteiger partial charge in [-0.1, -0.05) is 19.1 Å². The lowest BCUT2D eigenvalue weighted by Crippen LogP contribution is -2.04. The number of nitrogens with two attached hydrogens (primary N) is 1. The van der Waals surface area contributed by atoms with Crippen LogP contribution in [0, 0.1) is 5.82 Å². The number of rotatable bonds is 4. The minimum Gasteiger partial charge on any atom is -0.368 e. The molecule has 0 saturated heterocycles. The third kappa shape index (κ3) is 2.95. The lowest BCUT2D eigenvalue weighted by molar-refractivity contribution is 0.627. The molecule has 3 aromatic rings. The van der Waals surface area contributed by atoms with E-state index in [-0.39, 0.29) is 11.8 Å². The van der Waals surface area contributed by atoms with Crippen LogP contribution in [0.1, 0.15) is 17.4 Å². The fourth-order valence-corrected chi connectivity index (χ4v) is 3.06. The van der Waals surface area contributed by atoms with Crippen molar-refractivity contribution < 1.29 is 4.39 Å². The SMILES string of the molecule is CCc1cc2c(NCc3ccc(F)cc3)nc(N)nc2s1. The fourth-order valence-electron chi connectivity index (χ4n) is 2.08. The molecule has 2 heterocycles. The first-order valence-corrected chi connectivity index (χ1v) is 7.51. The second-order valence-corrected chi connectivity index (χ2v) is 5.81. The highest BCUT2D eigenvalue weighted by molar-refractivity contribution is 7.18. The first-order chi connectivity index (χ1) is 10.2. The average Bonchev–Trinajstić information content (AvgIpc) is 2.89. The highest BCUT2D eigenvalue weighted by Gasteiger charge is 2.10. The Morgan fingerprint density at radius 3 is 2.71 bits per heavy atom. The number of anilines is 2. The standard InChI is InChI=1S/C15H15FN4S/c1-2-11-7-12-13(19-15(17)20-14(12)21-11)18-8-9-3-5-10(16)6-4-9/h3-7H,2,8H2,1H3,(H3,17,18,19,20). The van der Waals surface area contributed by atoms with Gasteiger partial charge in [-0.3, -0.25) is 0 Å². The minimum atomic E-state index is -0.238. The molecule has 1 aromatic carbocycles. The third-order valence-corrected chi connectivity index (χ3v) is 4.36. The summed E-state index contributed by atoms with van der Waals surface area (Å²) in [5, 5.41) is 4.23. The van der Waals surface area contributed by atoms with E-state index >= 15 is 0 Å². The maximum atomic E-state index is 12.9. The molecule has 3 rings (SSSR count). The Morgan fingerprint density at radius 2 is 2.00 bits per heavy atom. The van der Waals surface area contributed by atoms with Crippen molar-refractivity contribution in [1.29, 1.82) is 0 Å². The number of halogens is 1. The Hall–Kier alpha value is -2.21. The number of benzene rings is 1. The maximum Gasteiger partial charge on any atom is 0.223 e. The maximum absolute atomic E-state index is 12.9. The van der Waals surface area contributed by atoms with Crippen LogP contribution in [0.25, 0.3) is 10.2 Å². The Kier molecular flexibility index (Phi) is 3.70. The normalized spacial score (nSPS) is 11.0. The van der Waals surface area contributed by atoms with Gasteiger partial charge in [0.1, 0.15) is 16.5 Å². The van der Waals surface area contributed by atoms with E-state index in [0.717, 1.165) is 28.0 Å². The Morgan fingerprint density at radius 1 is 1.24 bits per heavy atom. The van der Waals surface area contributed by atoms with Crippen LogP contribution in [0.5, 0.6) is 0 Å². The predicted octanol–water partition coefficient (Wildman–Crippen LogP) is 3.59. The van der Waals surface area contributed by atoms with E-state index < -0.39 is 0 Å². The van der Waals surface area contributed by atoms with Crippen molar-refractivity contribution in [1.82, 2.24) is 9.97 Å². The van der Waals surface area contributed by atoms with Crippen LogP contribution in [0.15, 0.2) is 30.3 Å². The van der Waals surface area contributed by atoms with Gasteiger partial charge < -0.3 is 11.1 Å². The van der Waals surface area contributed by atoms with E-state index in [0.29, 0.717) is 6.54 Å². The van der Waals surface area contributed by atoms with Crippen LogP contribution in [0.2, 0.25) is 0 Å². The molecule has 0 saturated carbocycles. The number of nitrogens with one attached hydrogen (secondary N) is 1. The van der Waals surface area contributed by atoms with Crippen LogP contribution < -0.4 is 11.1 Å². The molecule has 0 fully saturated rings. The van der Waals surface area contributed by atoms with E-state index in [1.807, 2.05) is 0 Å². The summed E-state index contributed by atoms with van der Waals surface area (Å²) >= 11 is 1.63. The summed E-state index contributed by atoms with van der Waals surface area (Å²) in [5.41, 5.74) is 6.74. The van der Waals surface area contributed by atoms with Gasteiger partial charge in [0.2, 0.25) is 5.95 Å². The molecule has 0 aliphatic carbocycles. The molecule has 0 unspecified atom stereocenters. The first-order valence-electron chi connectivity index (χ1n) is 6.70. The summed E-state index contributed by atoms with van der Waals surface area (Å²) < 4.78 is 12.9. The fraction of sp³-hybridized carbons (Fsp3) is 0.200. The molecule has 0 spiro atoms. The predicted molar refractivity (Wildman–Crippen MR) is 84.9 cm³/mol. The lowest BCUT2D eigenvalue weighted by atomic mass is 10.2. The number of aromatic nitrogens is 2. The van der Waals surface area contributed by atoms with Crippen LogP contribution in [-0.4, -0.2) is 9.97 Å². The zero-order valence-corrected chi connectivity index (χ0v) is 12.4. The second kappa shape index (κ2) is 5.65. The van der Waals surface area contributed by atoms with Gasteiger partial charge in [-0.05, 0) is 30.2 Å². The van der Waals surface area contributed by atoms with Gasteiger partial charge >= 0.3 is 0 Å². The number of hydrogen-bond acceptors (Lipinski definition) is 5. The number of nitrogen functional groups attached to an aromatic ring is 1. The largest absolute Gasteiger partial charge is 0.368 e. The van der Waals surface area contributed by atoms with Gasteiger partial charge in [0.05, 0.1) is 5.39 Å². The van der Waals surface area contributed by atoms with Gasteiger partial charge in [-0.25, -0.2) is 9.37 Å². The average molecular weight is 302 g/mol. The Labute approximate surface area is 125 Å². The van der Waals surface area contributed by atoms with Crippen LogP contribution in [0.4, 0.5) is 16.2 Å². The van der Waals surface area contributed by atoms with E-state index in [2.05, 4.69) is 28.3 Å². The van der Waals surface area contributed by atoms with Gasteiger partial charge in [0, 0.05) is 11.4 Å². The molecule has 0 amide bonds. The molecule has 2 aromatic heterocycles. The second-order valence-electron chi connectivity index (χ2n) is 4.70. The summed E-state index contributed by atoms with van der Waals surface area (Å²) in [6.45, 7) is 2.66. The van der Waals surface area contributed by atoms with Crippen molar-refractivity contribution >= 4 is 33.3 Å². The monoisotopic (exact) mass is 302 g/mol. The van der Waals surface area contributed by atoms with E-state index in [4.69, 9.17) is 5.73 Å². The number of thiophene rings is 1. The number of aryl methyl sites for hydroxylation is 1. The summed E-state index contributed by atoms with van der Waals surface area (Å²) in [6, 6.07) is 8.47. The van der Waals surface area contributed by atoms with Crippen LogP contribution in [0.3, 0.4) is 0 Å². The smallest absolute Gasteiger partial charge is 0.223 e. The molecule has 0 radical (unpaired) electrons. The zero-order valence-electron chi connectivity index (χ0n) is 11.6. The topological polar surface area (TPSA) is 63.8 Å². The van der Waals surface area contributed by atoms with Crippen molar-refractivity contribution in [2.75, 3.05) is 11.1 Å². The molecule has 4 nitrogen and oxygen atoms in total. The molecule has 21 heavy (non-hydrogen) atoms. The van der Waals surface area contributed by atoms with E-state index in [1.54, 1.807) is 23.5 Å². The summed E-state index contributed by atoms with van der Waals surface area (Å²) in [4.78, 5) is 10.7. The molecule has 0 aliphatic heterocycles. The first kappa shape index (κ1) is 13.8. The molecule has 3 N–H and O–H groups in total. The van der Waals surface area contributed by atoms with Crippen molar-refractivity contribution in [3.05, 3.63) is 46.6 Å². The van der Waals surface area contributed by atoms with Crippen molar-refractivity contribution in [2.24, 2.45) is 0 Å². The third-order valence-electron chi connectivity index (χ3n) is 3.18. The quantitative estimate of drug-likeness (QED) is 0.773. The van der Waals surface area contributed by atoms with Crippen LogP contribution >= 0.6 is 11.3 Å². The number of fused-ring (bicyclic) bond motifs is 1. The zero-order chi connectivity index (χ0) is 14.8. The lowest BCUT2D eigenvalue weighted by Gasteiger charge is -2.07. The van der Waals surface area contributed by atoms with E-state index in [9.17, 15) is 4.39 Å². The van der Waals surface area contributed by atoms with Gasteiger partial charge in [-0.2, -0.15) is 4.98 Å². The molecule has 0 bridgehead atoms. The molecular formula is C15H15FN4S.